The van der Waals surface area contributed by atoms with Gasteiger partial charge in [0, 0.05) is 19.1 Å². The topological polar surface area (TPSA) is 29.9 Å². The highest BCUT2D eigenvalue weighted by atomic mass is 79.9. The number of hydrogen-bond acceptors (Lipinski definition) is 2. The van der Waals surface area contributed by atoms with Crippen LogP contribution in [0, 0.1) is 13.8 Å². The van der Waals surface area contributed by atoms with Gasteiger partial charge in [0.05, 0.1) is 15.9 Å². The van der Waals surface area contributed by atoms with Crippen molar-refractivity contribution < 1.29 is 0 Å². The third-order valence-electron chi connectivity index (χ3n) is 3.61. The van der Waals surface area contributed by atoms with E-state index in [1.54, 1.807) is 0 Å². The molecule has 0 aliphatic carbocycles. The van der Waals surface area contributed by atoms with E-state index in [-0.39, 0.29) is 0 Å². The lowest BCUT2D eigenvalue weighted by Crippen LogP contribution is -2.20. The van der Waals surface area contributed by atoms with Crippen LogP contribution in [0.3, 0.4) is 0 Å². The predicted octanol–water partition coefficient (Wildman–Crippen LogP) is 4.13. The predicted molar refractivity (Wildman–Crippen MR) is 86.8 cm³/mol. The first-order valence-corrected chi connectivity index (χ1v) is 7.84. The third-order valence-corrected chi connectivity index (χ3v) is 4.64. The Morgan fingerprint density at radius 1 is 1.25 bits per heavy atom. The highest BCUT2D eigenvalue weighted by Crippen LogP contribution is 2.22. The summed E-state index contributed by atoms with van der Waals surface area (Å²) in [5.74, 6) is 0. The third kappa shape index (κ3) is 3.30. The van der Waals surface area contributed by atoms with Crippen molar-refractivity contribution in [3.8, 4) is 0 Å². The van der Waals surface area contributed by atoms with Gasteiger partial charge in [0.1, 0.15) is 0 Å². The fourth-order valence-electron chi connectivity index (χ4n) is 2.26. The summed E-state index contributed by atoms with van der Waals surface area (Å²) in [5.41, 5.74) is 4.87. The lowest BCUT2D eigenvalue weighted by Gasteiger charge is -2.15. The molecule has 20 heavy (non-hydrogen) atoms. The quantitative estimate of drug-likeness (QED) is 0.890. The zero-order valence-electron chi connectivity index (χ0n) is 12.6. The van der Waals surface area contributed by atoms with E-state index < -0.39 is 0 Å². The van der Waals surface area contributed by atoms with E-state index in [0.717, 1.165) is 23.3 Å². The lowest BCUT2D eigenvalue weighted by molar-refractivity contribution is 0.530. The van der Waals surface area contributed by atoms with Crippen LogP contribution in [0.4, 0.5) is 0 Å². The number of halogens is 1. The zero-order chi connectivity index (χ0) is 14.7. The molecule has 0 aliphatic heterocycles. The van der Waals surface area contributed by atoms with Gasteiger partial charge in [-0.2, -0.15) is 5.10 Å². The molecule has 2 aromatic rings. The van der Waals surface area contributed by atoms with Crippen LogP contribution in [0.2, 0.25) is 0 Å². The van der Waals surface area contributed by atoms with Crippen LogP contribution < -0.4 is 5.32 Å². The molecule has 0 aliphatic rings. The normalized spacial score (nSPS) is 12.7. The summed E-state index contributed by atoms with van der Waals surface area (Å²) in [6.07, 6.45) is 0. The molecule has 1 atom stereocenters. The van der Waals surface area contributed by atoms with Crippen molar-refractivity contribution in [3.63, 3.8) is 0 Å². The Bertz CT molecular complexity index is 572. The van der Waals surface area contributed by atoms with Gasteiger partial charge < -0.3 is 5.32 Å². The molecule has 0 fully saturated rings. The van der Waals surface area contributed by atoms with Gasteiger partial charge in [0.15, 0.2) is 0 Å². The van der Waals surface area contributed by atoms with Gasteiger partial charge in [-0.05, 0) is 49.2 Å². The van der Waals surface area contributed by atoms with Gasteiger partial charge in [0.25, 0.3) is 0 Å². The van der Waals surface area contributed by atoms with Crippen LogP contribution in [0.25, 0.3) is 0 Å². The summed E-state index contributed by atoms with van der Waals surface area (Å²) < 4.78 is 3.16. The Balaban J connectivity index is 2.07. The monoisotopic (exact) mass is 335 g/mol. The van der Waals surface area contributed by atoms with E-state index in [0.29, 0.717) is 6.04 Å². The van der Waals surface area contributed by atoms with Crippen molar-refractivity contribution in [2.24, 2.45) is 0 Å². The van der Waals surface area contributed by atoms with Crippen LogP contribution in [-0.4, -0.2) is 9.78 Å². The molecule has 0 saturated heterocycles. The molecule has 1 unspecified atom stereocenters. The number of benzene rings is 1. The van der Waals surface area contributed by atoms with Crippen LogP contribution in [0.5, 0.6) is 0 Å². The van der Waals surface area contributed by atoms with Crippen LogP contribution in [0.1, 0.15) is 42.4 Å². The standard InChI is InChI=1S/C16H22BrN3/c1-5-20-15(16(17)13(4)19-20)10-18-12(3)14-8-6-11(2)7-9-14/h6-9,12,18H,5,10H2,1-4H3. The molecular formula is C16H22BrN3. The van der Waals surface area contributed by atoms with Gasteiger partial charge in [-0.25, -0.2) is 0 Å². The van der Waals surface area contributed by atoms with Crippen molar-refractivity contribution in [1.29, 1.82) is 0 Å². The van der Waals surface area contributed by atoms with Crippen molar-refractivity contribution in [2.45, 2.75) is 46.8 Å². The molecule has 0 radical (unpaired) electrons. The zero-order valence-corrected chi connectivity index (χ0v) is 14.2. The minimum atomic E-state index is 0.322. The van der Waals surface area contributed by atoms with E-state index in [2.05, 4.69) is 71.4 Å². The van der Waals surface area contributed by atoms with Crippen molar-refractivity contribution >= 4 is 15.9 Å². The number of nitrogens with zero attached hydrogens (tertiary/aromatic N) is 2. The van der Waals surface area contributed by atoms with E-state index in [9.17, 15) is 0 Å². The summed E-state index contributed by atoms with van der Waals surface area (Å²) in [6.45, 7) is 10.2. The van der Waals surface area contributed by atoms with Gasteiger partial charge in [-0.3, -0.25) is 4.68 Å². The van der Waals surface area contributed by atoms with E-state index in [1.165, 1.54) is 16.8 Å². The average molecular weight is 336 g/mol. The molecule has 1 aromatic carbocycles. The van der Waals surface area contributed by atoms with Gasteiger partial charge in [-0.15, -0.1) is 0 Å². The van der Waals surface area contributed by atoms with Crippen LogP contribution in [-0.2, 0) is 13.1 Å². The second kappa shape index (κ2) is 6.55. The average Bonchev–Trinajstić information content (AvgIpc) is 2.72. The summed E-state index contributed by atoms with van der Waals surface area (Å²) in [5, 5.41) is 8.09. The van der Waals surface area contributed by atoms with Gasteiger partial charge >= 0.3 is 0 Å². The number of rotatable bonds is 5. The number of aryl methyl sites for hydroxylation is 3. The maximum Gasteiger partial charge on any atom is 0.0739 e. The maximum absolute atomic E-state index is 4.52. The highest BCUT2D eigenvalue weighted by Gasteiger charge is 2.13. The number of hydrogen-bond donors (Lipinski definition) is 1. The fraction of sp³-hybridized carbons (Fsp3) is 0.438. The molecule has 4 heteroatoms. The molecule has 0 amide bonds. The Labute approximate surface area is 129 Å². The summed E-state index contributed by atoms with van der Waals surface area (Å²) >= 11 is 3.63. The summed E-state index contributed by atoms with van der Waals surface area (Å²) in [7, 11) is 0. The molecule has 1 aromatic heterocycles. The Hall–Kier alpha value is -1.13. The number of aromatic nitrogens is 2. The molecular weight excluding hydrogens is 314 g/mol. The molecule has 1 heterocycles. The van der Waals surface area contributed by atoms with Crippen LogP contribution in [0.15, 0.2) is 28.7 Å². The van der Waals surface area contributed by atoms with Crippen molar-refractivity contribution in [3.05, 3.63) is 51.3 Å². The first-order chi connectivity index (χ1) is 9.52. The Morgan fingerprint density at radius 2 is 1.90 bits per heavy atom. The summed E-state index contributed by atoms with van der Waals surface area (Å²) in [6, 6.07) is 9.01. The first kappa shape index (κ1) is 15.3. The molecule has 0 saturated carbocycles. The summed E-state index contributed by atoms with van der Waals surface area (Å²) in [4.78, 5) is 0. The van der Waals surface area contributed by atoms with E-state index in [4.69, 9.17) is 0 Å². The minimum absolute atomic E-state index is 0.322. The molecule has 1 N–H and O–H groups in total. The number of nitrogens with one attached hydrogen (secondary N) is 1. The molecule has 0 bridgehead atoms. The van der Waals surface area contributed by atoms with Gasteiger partial charge in [-0.1, -0.05) is 29.8 Å². The Morgan fingerprint density at radius 3 is 2.50 bits per heavy atom. The van der Waals surface area contributed by atoms with Crippen LogP contribution >= 0.6 is 15.9 Å². The lowest BCUT2D eigenvalue weighted by atomic mass is 10.1. The van der Waals surface area contributed by atoms with E-state index >= 15 is 0 Å². The second-order valence-electron chi connectivity index (χ2n) is 5.18. The second-order valence-corrected chi connectivity index (χ2v) is 5.97. The fourth-order valence-corrected chi connectivity index (χ4v) is 2.68. The molecule has 108 valence electrons. The molecule has 3 nitrogen and oxygen atoms in total. The largest absolute Gasteiger partial charge is 0.305 e. The van der Waals surface area contributed by atoms with E-state index in [1.807, 2.05) is 11.6 Å². The Kier molecular flexibility index (Phi) is 5.00. The van der Waals surface area contributed by atoms with Crippen molar-refractivity contribution in [1.82, 2.24) is 15.1 Å². The first-order valence-electron chi connectivity index (χ1n) is 7.04. The molecule has 2 rings (SSSR count). The highest BCUT2D eigenvalue weighted by molar-refractivity contribution is 9.10. The minimum Gasteiger partial charge on any atom is -0.305 e. The SMILES string of the molecule is CCn1nc(C)c(Br)c1CNC(C)c1ccc(C)cc1. The molecule has 0 spiro atoms. The maximum atomic E-state index is 4.52. The van der Waals surface area contributed by atoms with Crippen molar-refractivity contribution in [2.75, 3.05) is 0 Å². The van der Waals surface area contributed by atoms with Gasteiger partial charge in [0.2, 0.25) is 0 Å². The smallest absolute Gasteiger partial charge is 0.0739 e.